The van der Waals surface area contributed by atoms with E-state index in [1.54, 1.807) is 38.4 Å². The number of benzene rings is 3. The lowest BCUT2D eigenvalue weighted by atomic mass is 9.84. The number of aromatic nitrogens is 3. The molecular weight excluding hydrogens is 1090 g/mol. The number of phenolic OH excluding ortho intramolecular Hbond substituents is 1. The van der Waals surface area contributed by atoms with Crippen LogP contribution in [0.5, 0.6) is 5.75 Å². The van der Waals surface area contributed by atoms with Crippen LogP contribution in [0.3, 0.4) is 0 Å². The molecule has 83 heavy (non-hydrogen) atoms. The van der Waals surface area contributed by atoms with E-state index in [1.165, 1.54) is 21.2 Å². The lowest BCUT2D eigenvalue weighted by Crippen LogP contribution is -2.62. The molecule has 442 valence electrons. The van der Waals surface area contributed by atoms with Crippen LogP contribution in [0.2, 0.25) is 0 Å². The summed E-state index contributed by atoms with van der Waals surface area (Å²) in [6.45, 7) is 14.6. The number of aryl methyl sites for hydroxylation is 1. The minimum atomic E-state index is -3.03. The molecule has 0 spiro atoms. The molecule has 6 aromatic rings. The van der Waals surface area contributed by atoms with Crippen LogP contribution in [0.15, 0.2) is 78.3 Å². The van der Waals surface area contributed by atoms with Gasteiger partial charge in [-0.05, 0) is 116 Å². The van der Waals surface area contributed by atoms with Crippen LogP contribution in [0.25, 0.3) is 43.9 Å². The summed E-state index contributed by atoms with van der Waals surface area (Å²) in [6.07, 6.45) is 2.50. The number of nitrogens with one attached hydrogen (secondary N) is 2. The van der Waals surface area contributed by atoms with Gasteiger partial charge in [0.05, 0.1) is 41.3 Å². The van der Waals surface area contributed by atoms with Crippen molar-refractivity contribution >= 4 is 61.5 Å². The number of carbonyl (C=O) groups excluding carboxylic acids is 4. The first kappa shape index (κ1) is 59.4. The summed E-state index contributed by atoms with van der Waals surface area (Å²) in [5.74, 6) is -2.31. The predicted octanol–water partition coefficient (Wildman–Crippen LogP) is 7.44. The number of cyclic esters (lactones) is 1. The fraction of sp³-hybridized carbons (Fsp3) is 0.484. The number of pyridine rings is 1. The zero-order valence-electron chi connectivity index (χ0n) is 48.6. The number of likely N-dealkylation sites (N-methyl/N-ethyl adjacent to an activating group) is 1. The van der Waals surface area contributed by atoms with Gasteiger partial charge in [-0.3, -0.25) is 34.1 Å². The van der Waals surface area contributed by atoms with E-state index in [9.17, 15) is 32.7 Å². The Labute approximate surface area is 489 Å². The van der Waals surface area contributed by atoms with Crippen molar-refractivity contribution in [2.75, 3.05) is 64.2 Å². The van der Waals surface area contributed by atoms with Crippen molar-refractivity contribution < 1.29 is 46.9 Å². The standard InChI is InChI=1S/C62H77N9O10S2/c1-9-70-52-17-14-40-29-47(52)49(55(70)48-30-42(32-64-53(48)37(4)79-8)58-65-44(34-82-58)33-69-20-23-83(77,78)24-21-69)31-62(5,6)35-81-61(76)50-11-10-19-71(67-50)59(74)51(27-38-25-41(40)28-45(72)26-38)66-57(73)54(36(2)3)68(7)60(75)56-46(18-22-80-56)39-12-15-43(63)16-13-39/h12-17,25-26,28-30,32,34,36-37,46,50-51,54,56,67,72H,9-11,18-24,27,31,33,35,63H2,1-8H3,(H,66,73). The smallest absolute Gasteiger partial charge is 0.324 e. The molecular formula is C62H77N9O10S2. The normalized spacial score (nSPS) is 22.0. The van der Waals surface area contributed by atoms with Gasteiger partial charge >= 0.3 is 5.97 Å². The van der Waals surface area contributed by atoms with Gasteiger partial charge in [-0.15, -0.1) is 11.3 Å². The number of nitrogens with zero attached hydrogens (tertiary/aromatic N) is 6. The van der Waals surface area contributed by atoms with Crippen LogP contribution in [-0.4, -0.2) is 149 Å². The van der Waals surface area contributed by atoms with Crippen molar-refractivity contribution in [3.8, 4) is 38.7 Å². The molecule has 21 heteroatoms. The number of carbonyl (C=O) groups is 4. The van der Waals surface area contributed by atoms with E-state index in [4.69, 9.17) is 29.9 Å². The topological polar surface area (TPSA) is 241 Å². The molecule has 3 saturated heterocycles. The zero-order valence-corrected chi connectivity index (χ0v) is 50.3. The van der Waals surface area contributed by atoms with Crippen LogP contribution < -0.4 is 16.5 Å². The van der Waals surface area contributed by atoms with Crippen molar-refractivity contribution in [3.05, 3.63) is 106 Å². The zero-order chi connectivity index (χ0) is 59.1. The number of hydrogen-bond donors (Lipinski definition) is 4. The summed E-state index contributed by atoms with van der Waals surface area (Å²) >= 11 is 1.51. The second-order valence-electron chi connectivity index (χ2n) is 23.8. The van der Waals surface area contributed by atoms with Crippen LogP contribution in [0.4, 0.5) is 5.69 Å². The van der Waals surface area contributed by atoms with Gasteiger partial charge < -0.3 is 39.8 Å². The lowest BCUT2D eigenvalue weighted by Gasteiger charge is -2.37. The van der Waals surface area contributed by atoms with Crippen molar-refractivity contribution in [1.82, 2.24) is 40.1 Å². The first-order valence-corrected chi connectivity index (χ1v) is 31.5. The van der Waals surface area contributed by atoms with E-state index in [1.807, 2.05) is 56.6 Å². The van der Waals surface area contributed by atoms with Crippen LogP contribution >= 0.6 is 11.3 Å². The number of hydrazine groups is 1. The highest BCUT2D eigenvalue weighted by Gasteiger charge is 2.43. The Bertz CT molecular complexity index is 3510. The quantitative estimate of drug-likeness (QED) is 0.0649. The minimum absolute atomic E-state index is 0.0375. The van der Waals surface area contributed by atoms with E-state index in [0.29, 0.717) is 75.3 Å². The van der Waals surface area contributed by atoms with Crippen LogP contribution in [-0.2, 0) is 69.2 Å². The van der Waals surface area contributed by atoms with E-state index in [0.717, 1.165) is 60.8 Å². The summed E-state index contributed by atoms with van der Waals surface area (Å²) in [6, 6.07) is 17.8. The number of aromatic hydroxyl groups is 1. The number of hydrogen-bond acceptors (Lipinski definition) is 16. The monoisotopic (exact) mass is 1170 g/mol. The van der Waals surface area contributed by atoms with Gasteiger partial charge in [-0.1, -0.05) is 52.0 Å². The number of anilines is 1. The Morgan fingerprint density at radius 1 is 1.00 bits per heavy atom. The Balaban J connectivity index is 1.03. The average molecular weight is 1170 g/mol. The number of fused-ring (bicyclic) bond motifs is 6. The molecule has 5 N–H and O–H groups in total. The molecule has 6 atom stereocenters. The SMILES string of the molecule is CCn1c(-c2cc(-c3nc(CN4CCS(=O)(=O)CC4)cs3)cnc2C(C)OC)c2c3cc(ccc31)-c1cc(O)cc(c1)CC(NC(=O)C(C(C)C)N(C)C(=O)C1OCCC1c1ccc(N)cc1)C(=O)N1CCCC(N1)C(=O)OCC(C)(C)C2. The summed E-state index contributed by atoms with van der Waals surface area (Å²) in [4.78, 5) is 72.3. The molecule has 6 unspecified atom stereocenters. The third kappa shape index (κ3) is 12.9. The molecule has 7 heterocycles. The first-order chi connectivity index (χ1) is 39.6. The largest absolute Gasteiger partial charge is 0.508 e. The number of methoxy groups -OCH3 is 1. The Hall–Kier alpha value is -6.75. The van der Waals surface area contributed by atoms with Gasteiger partial charge in [0.1, 0.15) is 35.0 Å². The first-order valence-electron chi connectivity index (χ1n) is 28.8. The number of amides is 3. The molecule has 4 aliphatic rings. The summed E-state index contributed by atoms with van der Waals surface area (Å²) < 4.78 is 44.9. The maximum atomic E-state index is 15.0. The Morgan fingerprint density at radius 2 is 1.76 bits per heavy atom. The maximum Gasteiger partial charge on any atom is 0.324 e. The molecule has 3 aromatic heterocycles. The number of ether oxygens (including phenoxy) is 3. The molecule has 3 amide bonds. The molecule has 6 bridgehead atoms. The maximum absolute atomic E-state index is 15.0. The second-order valence-corrected chi connectivity index (χ2v) is 27.0. The van der Waals surface area contributed by atoms with E-state index in [-0.39, 0.29) is 54.6 Å². The number of rotatable bonds is 13. The van der Waals surface area contributed by atoms with Crippen LogP contribution in [0.1, 0.15) is 101 Å². The average Bonchev–Trinajstić information content (AvgIpc) is 3.02. The number of esters is 1. The fourth-order valence-electron chi connectivity index (χ4n) is 12.3. The molecule has 0 radical (unpaired) electrons. The highest BCUT2D eigenvalue weighted by Crippen LogP contribution is 2.44. The van der Waals surface area contributed by atoms with Gasteiger partial charge in [-0.2, -0.15) is 0 Å². The van der Waals surface area contributed by atoms with Gasteiger partial charge in [0, 0.05) is 111 Å². The fourth-order valence-corrected chi connectivity index (χ4v) is 14.4. The molecule has 10 rings (SSSR count). The van der Waals surface area contributed by atoms with E-state index < -0.39 is 63.4 Å². The lowest BCUT2D eigenvalue weighted by molar-refractivity contribution is -0.155. The molecule has 19 nitrogen and oxygen atoms in total. The van der Waals surface area contributed by atoms with Crippen molar-refractivity contribution in [2.45, 2.75) is 123 Å². The van der Waals surface area contributed by atoms with Gasteiger partial charge in [0.25, 0.3) is 11.8 Å². The number of nitrogen functional groups attached to an aromatic ring is 1. The third-order valence-corrected chi connectivity index (χ3v) is 19.3. The Kier molecular flexibility index (Phi) is 17.5. The number of phenols is 1. The van der Waals surface area contributed by atoms with E-state index >= 15 is 0 Å². The number of sulfone groups is 1. The van der Waals surface area contributed by atoms with E-state index in [2.05, 4.69) is 59.2 Å². The third-order valence-electron chi connectivity index (χ3n) is 16.7. The molecule has 3 fully saturated rings. The second kappa shape index (κ2) is 24.5. The minimum Gasteiger partial charge on any atom is -0.508 e. The molecule has 3 aromatic carbocycles. The summed E-state index contributed by atoms with van der Waals surface area (Å²) in [5, 5.41) is 19.7. The highest BCUT2D eigenvalue weighted by atomic mass is 32.2. The summed E-state index contributed by atoms with van der Waals surface area (Å²) in [7, 11) is 0.222. The van der Waals surface area contributed by atoms with Crippen LogP contribution in [0, 0.1) is 11.3 Å². The highest BCUT2D eigenvalue weighted by molar-refractivity contribution is 7.91. The van der Waals surface area contributed by atoms with Gasteiger partial charge in [0.2, 0.25) is 5.91 Å². The van der Waals surface area contributed by atoms with Gasteiger partial charge in [0.15, 0.2) is 9.84 Å². The predicted molar refractivity (Wildman–Crippen MR) is 320 cm³/mol. The van der Waals surface area contributed by atoms with Gasteiger partial charge in [-0.25, -0.2) is 18.8 Å². The number of thiazole rings is 1. The Morgan fingerprint density at radius 3 is 2.48 bits per heavy atom. The number of nitrogens with two attached hydrogens (primary N) is 1. The van der Waals surface area contributed by atoms with Crippen molar-refractivity contribution in [2.24, 2.45) is 11.3 Å². The van der Waals surface area contributed by atoms with Crippen molar-refractivity contribution in [3.63, 3.8) is 0 Å². The molecule has 0 saturated carbocycles. The molecule has 4 aliphatic heterocycles. The molecule has 0 aliphatic carbocycles. The summed E-state index contributed by atoms with van der Waals surface area (Å²) in [5.41, 5.74) is 18.2. The van der Waals surface area contributed by atoms with Crippen molar-refractivity contribution in [1.29, 1.82) is 0 Å².